The number of ether oxygens (including phenoxy) is 2. The molecule has 26 heavy (non-hydrogen) atoms. The summed E-state index contributed by atoms with van der Waals surface area (Å²) in [4.78, 5) is 19.7. The molecule has 0 unspecified atom stereocenters. The highest BCUT2D eigenvalue weighted by Gasteiger charge is 2.13. The van der Waals surface area contributed by atoms with Gasteiger partial charge in [0.2, 0.25) is 11.7 Å². The first kappa shape index (κ1) is 15.8. The summed E-state index contributed by atoms with van der Waals surface area (Å²) >= 11 is 0. The summed E-state index contributed by atoms with van der Waals surface area (Å²) in [6.45, 7) is 0.311. The molecule has 0 bridgehead atoms. The first-order valence-electron chi connectivity index (χ1n) is 7.71. The van der Waals surface area contributed by atoms with E-state index in [4.69, 9.17) is 14.0 Å². The SMILES string of the molecule is COc1ccc(-c2noc(CNc3ncnc4nc[nH]c34)n2)cc1OC. The van der Waals surface area contributed by atoms with Gasteiger partial charge < -0.3 is 24.3 Å². The normalized spacial score (nSPS) is 10.8. The van der Waals surface area contributed by atoms with E-state index in [1.165, 1.54) is 6.33 Å². The van der Waals surface area contributed by atoms with Crippen molar-refractivity contribution in [2.24, 2.45) is 0 Å². The number of nitrogens with zero attached hydrogens (tertiary/aromatic N) is 5. The first-order valence-corrected chi connectivity index (χ1v) is 7.71. The van der Waals surface area contributed by atoms with E-state index in [1.807, 2.05) is 6.07 Å². The molecule has 0 radical (unpaired) electrons. The summed E-state index contributed by atoms with van der Waals surface area (Å²) in [5.41, 5.74) is 2.06. The Labute approximate surface area is 147 Å². The summed E-state index contributed by atoms with van der Waals surface area (Å²) < 4.78 is 15.8. The molecule has 0 spiro atoms. The van der Waals surface area contributed by atoms with Crippen LogP contribution in [0.1, 0.15) is 5.89 Å². The third-order valence-corrected chi connectivity index (χ3v) is 3.74. The molecule has 0 aliphatic heterocycles. The Morgan fingerprint density at radius 2 is 2.00 bits per heavy atom. The first-order chi connectivity index (χ1) is 12.8. The average Bonchev–Trinajstić information content (AvgIpc) is 3.35. The van der Waals surface area contributed by atoms with Crippen molar-refractivity contribution in [1.29, 1.82) is 0 Å². The minimum absolute atomic E-state index is 0.311. The van der Waals surface area contributed by atoms with Gasteiger partial charge in [-0.3, -0.25) is 0 Å². The number of rotatable bonds is 6. The van der Waals surface area contributed by atoms with Crippen LogP contribution in [-0.4, -0.2) is 44.3 Å². The number of aromatic amines is 1. The van der Waals surface area contributed by atoms with E-state index in [0.29, 0.717) is 46.7 Å². The summed E-state index contributed by atoms with van der Waals surface area (Å²) in [7, 11) is 3.16. The number of aromatic nitrogens is 6. The molecule has 10 heteroatoms. The maximum atomic E-state index is 5.30. The highest BCUT2D eigenvalue weighted by atomic mass is 16.5. The molecule has 3 heterocycles. The average molecular weight is 353 g/mol. The molecule has 0 aliphatic rings. The second kappa shape index (κ2) is 6.67. The van der Waals surface area contributed by atoms with Crippen molar-refractivity contribution in [3.8, 4) is 22.9 Å². The van der Waals surface area contributed by atoms with Gasteiger partial charge in [-0.25, -0.2) is 15.0 Å². The van der Waals surface area contributed by atoms with Gasteiger partial charge in [0.05, 0.1) is 27.1 Å². The lowest BCUT2D eigenvalue weighted by molar-refractivity contribution is 0.355. The van der Waals surface area contributed by atoms with Crippen molar-refractivity contribution in [1.82, 2.24) is 30.1 Å². The molecule has 0 amide bonds. The van der Waals surface area contributed by atoms with E-state index < -0.39 is 0 Å². The van der Waals surface area contributed by atoms with Gasteiger partial charge in [0.25, 0.3) is 0 Å². The predicted molar refractivity (Wildman–Crippen MR) is 91.8 cm³/mol. The fourth-order valence-corrected chi connectivity index (χ4v) is 2.48. The van der Waals surface area contributed by atoms with Gasteiger partial charge >= 0.3 is 0 Å². The van der Waals surface area contributed by atoms with Crippen LogP contribution in [-0.2, 0) is 6.54 Å². The predicted octanol–water partition coefficient (Wildman–Crippen LogP) is 2.03. The molecule has 132 valence electrons. The minimum atomic E-state index is 0.311. The Balaban J connectivity index is 1.52. The summed E-state index contributed by atoms with van der Waals surface area (Å²) in [6, 6.07) is 5.42. The Bertz CT molecular complexity index is 1040. The number of methoxy groups -OCH3 is 2. The van der Waals surface area contributed by atoms with Crippen molar-refractivity contribution in [3.63, 3.8) is 0 Å². The van der Waals surface area contributed by atoms with Gasteiger partial charge in [-0.05, 0) is 18.2 Å². The van der Waals surface area contributed by atoms with Crippen molar-refractivity contribution in [3.05, 3.63) is 36.7 Å². The second-order valence-electron chi connectivity index (χ2n) is 5.26. The molecular formula is C16H15N7O3. The summed E-state index contributed by atoms with van der Waals surface area (Å²) in [5, 5.41) is 7.14. The smallest absolute Gasteiger partial charge is 0.246 e. The third kappa shape index (κ3) is 2.88. The zero-order chi connectivity index (χ0) is 17.9. The molecule has 0 aliphatic carbocycles. The molecule has 1 aromatic carbocycles. The van der Waals surface area contributed by atoms with E-state index in [-0.39, 0.29) is 0 Å². The maximum Gasteiger partial charge on any atom is 0.246 e. The summed E-state index contributed by atoms with van der Waals surface area (Å²) in [6.07, 6.45) is 3.00. The van der Waals surface area contributed by atoms with Gasteiger partial charge in [0.15, 0.2) is 23.0 Å². The van der Waals surface area contributed by atoms with Crippen LogP contribution in [0.4, 0.5) is 5.82 Å². The van der Waals surface area contributed by atoms with Gasteiger partial charge in [-0.2, -0.15) is 4.98 Å². The molecule has 0 atom stereocenters. The number of anilines is 1. The third-order valence-electron chi connectivity index (χ3n) is 3.74. The molecule has 2 N–H and O–H groups in total. The van der Waals surface area contributed by atoms with Gasteiger partial charge in [-0.15, -0.1) is 0 Å². The zero-order valence-corrected chi connectivity index (χ0v) is 14.1. The van der Waals surface area contributed by atoms with E-state index in [9.17, 15) is 0 Å². The monoisotopic (exact) mass is 353 g/mol. The standard InChI is InChI=1S/C16H15N7O3/c1-24-10-4-3-9(5-11(10)25-2)14-22-12(26-23-14)6-17-15-13-16(19-7-18-13)21-8-20-15/h3-5,7-8H,6H2,1-2H3,(H2,17,18,19,20,21). The second-order valence-corrected chi connectivity index (χ2v) is 5.26. The van der Waals surface area contributed by atoms with Crippen LogP contribution in [0.3, 0.4) is 0 Å². The number of H-pyrrole nitrogens is 1. The highest BCUT2D eigenvalue weighted by molar-refractivity contribution is 5.81. The molecule has 0 fully saturated rings. The topological polar surface area (TPSA) is 124 Å². The Morgan fingerprint density at radius 1 is 1.12 bits per heavy atom. The highest BCUT2D eigenvalue weighted by Crippen LogP contribution is 2.31. The number of hydrogen-bond donors (Lipinski definition) is 2. The molecule has 3 aromatic heterocycles. The Morgan fingerprint density at radius 3 is 2.85 bits per heavy atom. The van der Waals surface area contributed by atoms with Crippen LogP contribution >= 0.6 is 0 Å². The molecule has 4 rings (SSSR count). The fourth-order valence-electron chi connectivity index (χ4n) is 2.48. The van der Waals surface area contributed by atoms with Gasteiger partial charge in [0, 0.05) is 5.56 Å². The van der Waals surface area contributed by atoms with Crippen LogP contribution < -0.4 is 14.8 Å². The molecule has 0 saturated heterocycles. The zero-order valence-electron chi connectivity index (χ0n) is 14.1. The quantitative estimate of drug-likeness (QED) is 0.535. The molecular weight excluding hydrogens is 338 g/mol. The lowest BCUT2D eigenvalue weighted by Gasteiger charge is -2.07. The van der Waals surface area contributed by atoms with Crippen LogP contribution in [0.2, 0.25) is 0 Å². The minimum Gasteiger partial charge on any atom is -0.493 e. The van der Waals surface area contributed by atoms with Crippen molar-refractivity contribution in [2.75, 3.05) is 19.5 Å². The van der Waals surface area contributed by atoms with E-state index in [0.717, 1.165) is 5.56 Å². The lowest BCUT2D eigenvalue weighted by atomic mass is 10.2. The fraction of sp³-hybridized carbons (Fsp3) is 0.188. The van der Waals surface area contributed by atoms with Crippen LogP contribution in [0.15, 0.2) is 35.4 Å². The summed E-state index contributed by atoms with van der Waals surface area (Å²) in [5.74, 6) is 2.71. The number of hydrogen-bond acceptors (Lipinski definition) is 9. The van der Waals surface area contributed by atoms with E-state index >= 15 is 0 Å². The molecule has 0 saturated carbocycles. The van der Waals surface area contributed by atoms with Crippen LogP contribution in [0, 0.1) is 0 Å². The van der Waals surface area contributed by atoms with Crippen molar-refractivity contribution < 1.29 is 14.0 Å². The largest absolute Gasteiger partial charge is 0.493 e. The Kier molecular flexibility index (Phi) is 4.06. The molecule has 4 aromatic rings. The van der Waals surface area contributed by atoms with E-state index in [1.54, 1.807) is 32.7 Å². The van der Waals surface area contributed by atoms with Gasteiger partial charge in [0.1, 0.15) is 11.8 Å². The molecule has 10 nitrogen and oxygen atoms in total. The number of nitrogens with one attached hydrogen (secondary N) is 2. The number of benzene rings is 1. The maximum absolute atomic E-state index is 5.30. The van der Waals surface area contributed by atoms with Crippen LogP contribution in [0.25, 0.3) is 22.6 Å². The van der Waals surface area contributed by atoms with Crippen LogP contribution in [0.5, 0.6) is 11.5 Å². The number of imidazole rings is 1. The van der Waals surface area contributed by atoms with Crippen molar-refractivity contribution >= 4 is 17.0 Å². The van der Waals surface area contributed by atoms with Gasteiger partial charge in [-0.1, -0.05) is 5.16 Å². The number of fused-ring (bicyclic) bond motifs is 1. The van der Waals surface area contributed by atoms with Crippen molar-refractivity contribution in [2.45, 2.75) is 6.54 Å². The lowest BCUT2D eigenvalue weighted by Crippen LogP contribution is -2.02. The Hall–Kier alpha value is -3.69. The van der Waals surface area contributed by atoms with E-state index in [2.05, 4.69) is 35.4 Å².